The number of anilines is 1. The van der Waals surface area contributed by atoms with Gasteiger partial charge in [0.1, 0.15) is 5.82 Å². The van der Waals surface area contributed by atoms with Crippen LogP contribution in [-0.2, 0) is 17.8 Å². The molecule has 0 aliphatic rings. The summed E-state index contributed by atoms with van der Waals surface area (Å²) in [6.07, 6.45) is 1.13. The van der Waals surface area contributed by atoms with Gasteiger partial charge in [-0.1, -0.05) is 42.5 Å². The molecule has 1 amide bonds. The number of aromatic nitrogens is 2. The molecule has 4 nitrogen and oxygen atoms in total. The van der Waals surface area contributed by atoms with Gasteiger partial charge in [-0.2, -0.15) is 5.10 Å². The van der Waals surface area contributed by atoms with Crippen molar-refractivity contribution in [2.24, 2.45) is 0 Å². The molecule has 0 bridgehead atoms. The maximum absolute atomic E-state index is 13.0. The molecule has 0 spiro atoms. The van der Waals surface area contributed by atoms with E-state index in [0.717, 1.165) is 28.2 Å². The predicted octanol–water partition coefficient (Wildman–Crippen LogP) is 4.26. The Morgan fingerprint density at radius 2 is 1.73 bits per heavy atom. The van der Waals surface area contributed by atoms with Gasteiger partial charge in [0, 0.05) is 6.42 Å². The Morgan fingerprint density at radius 1 is 1.04 bits per heavy atom. The van der Waals surface area contributed by atoms with Gasteiger partial charge in [0.2, 0.25) is 5.91 Å². The van der Waals surface area contributed by atoms with Crippen LogP contribution in [0.15, 0.2) is 54.6 Å². The summed E-state index contributed by atoms with van der Waals surface area (Å²) in [6, 6.07) is 16.3. The van der Waals surface area contributed by atoms with E-state index in [4.69, 9.17) is 0 Å². The van der Waals surface area contributed by atoms with Crippen LogP contribution in [0.2, 0.25) is 0 Å². The van der Waals surface area contributed by atoms with Crippen molar-refractivity contribution in [2.75, 3.05) is 5.32 Å². The van der Waals surface area contributed by atoms with Gasteiger partial charge < -0.3 is 5.32 Å². The first kappa shape index (κ1) is 17.9. The van der Waals surface area contributed by atoms with Gasteiger partial charge in [-0.15, -0.1) is 0 Å². The van der Waals surface area contributed by atoms with Crippen LogP contribution in [0.3, 0.4) is 0 Å². The summed E-state index contributed by atoms with van der Waals surface area (Å²) in [5.41, 5.74) is 4.52. The van der Waals surface area contributed by atoms with Crippen LogP contribution in [0.1, 0.15) is 28.9 Å². The molecule has 0 unspecified atom stereocenters. The molecule has 1 N–H and O–H groups in total. The molecule has 2 aromatic carbocycles. The van der Waals surface area contributed by atoms with Crippen molar-refractivity contribution in [1.82, 2.24) is 9.78 Å². The van der Waals surface area contributed by atoms with Gasteiger partial charge in [0.05, 0.1) is 23.6 Å². The van der Waals surface area contributed by atoms with Crippen LogP contribution in [0.25, 0.3) is 0 Å². The van der Waals surface area contributed by atoms with E-state index >= 15 is 0 Å². The summed E-state index contributed by atoms with van der Waals surface area (Å²) in [4.78, 5) is 12.3. The summed E-state index contributed by atoms with van der Waals surface area (Å²) in [5, 5.41) is 7.49. The van der Waals surface area contributed by atoms with E-state index in [9.17, 15) is 9.18 Å². The first-order valence-corrected chi connectivity index (χ1v) is 8.65. The second-order valence-electron chi connectivity index (χ2n) is 6.36. The van der Waals surface area contributed by atoms with Crippen molar-refractivity contribution < 1.29 is 9.18 Å². The highest BCUT2D eigenvalue weighted by atomic mass is 19.1. The molecule has 0 aliphatic heterocycles. The van der Waals surface area contributed by atoms with E-state index < -0.39 is 0 Å². The van der Waals surface area contributed by atoms with Gasteiger partial charge in [0.25, 0.3) is 0 Å². The van der Waals surface area contributed by atoms with Gasteiger partial charge in [-0.05, 0) is 43.5 Å². The summed E-state index contributed by atoms with van der Waals surface area (Å²) in [5.74, 6) is -0.283. The molecule has 1 aromatic heterocycles. The topological polar surface area (TPSA) is 46.9 Å². The molecular weight excluding hydrogens is 329 g/mol. The van der Waals surface area contributed by atoms with Crippen molar-refractivity contribution in [3.8, 4) is 0 Å². The predicted molar refractivity (Wildman–Crippen MR) is 101 cm³/mol. The van der Waals surface area contributed by atoms with E-state index in [1.54, 1.807) is 12.1 Å². The Balaban J connectivity index is 1.65. The minimum atomic E-state index is -0.256. The molecule has 134 valence electrons. The van der Waals surface area contributed by atoms with Crippen molar-refractivity contribution >= 4 is 11.6 Å². The largest absolute Gasteiger partial charge is 0.323 e. The van der Waals surface area contributed by atoms with E-state index in [0.29, 0.717) is 19.4 Å². The average molecular weight is 351 g/mol. The highest BCUT2D eigenvalue weighted by molar-refractivity contribution is 5.92. The fraction of sp³-hybridized carbons (Fsp3) is 0.238. The first-order chi connectivity index (χ1) is 12.5. The zero-order valence-electron chi connectivity index (χ0n) is 15.0. The Labute approximate surface area is 152 Å². The minimum Gasteiger partial charge on any atom is -0.323 e. The zero-order valence-corrected chi connectivity index (χ0v) is 15.0. The standard InChI is InChI=1S/C21H22FN3O/c1-15-21(23-20(26)13-10-17-6-4-3-5-7-17)16(2)25(24-15)14-18-8-11-19(22)12-9-18/h3-9,11-12H,10,13-14H2,1-2H3,(H,23,26). The molecule has 3 rings (SSSR count). The van der Waals surface area contributed by atoms with Crippen LogP contribution in [0.5, 0.6) is 0 Å². The van der Waals surface area contributed by atoms with Crippen LogP contribution >= 0.6 is 0 Å². The lowest BCUT2D eigenvalue weighted by Gasteiger charge is -2.08. The van der Waals surface area contributed by atoms with E-state index in [2.05, 4.69) is 10.4 Å². The molecule has 0 fully saturated rings. The molecule has 26 heavy (non-hydrogen) atoms. The number of carbonyl (C=O) groups is 1. The van der Waals surface area contributed by atoms with Crippen molar-refractivity contribution in [3.05, 3.63) is 82.9 Å². The molecule has 5 heteroatoms. The van der Waals surface area contributed by atoms with Crippen molar-refractivity contribution in [2.45, 2.75) is 33.2 Å². The third-order valence-electron chi connectivity index (χ3n) is 4.38. The Bertz CT molecular complexity index is 886. The highest BCUT2D eigenvalue weighted by Crippen LogP contribution is 2.21. The van der Waals surface area contributed by atoms with Gasteiger partial charge >= 0.3 is 0 Å². The monoisotopic (exact) mass is 351 g/mol. The summed E-state index contributed by atoms with van der Waals surface area (Å²) in [7, 11) is 0. The molecule has 0 saturated heterocycles. The van der Waals surface area contributed by atoms with Gasteiger partial charge in [-0.25, -0.2) is 4.39 Å². The Morgan fingerprint density at radius 3 is 2.42 bits per heavy atom. The second-order valence-corrected chi connectivity index (χ2v) is 6.36. The minimum absolute atomic E-state index is 0.0265. The van der Waals surface area contributed by atoms with Crippen LogP contribution in [-0.4, -0.2) is 15.7 Å². The number of aryl methyl sites for hydroxylation is 2. The lowest BCUT2D eigenvalue weighted by molar-refractivity contribution is -0.116. The number of carbonyl (C=O) groups excluding carboxylic acids is 1. The number of nitrogens with zero attached hydrogens (tertiary/aromatic N) is 2. The first-order valence-electron chi connectivity index (χ1n) is 8.65. The smallest absolute Gasteiger partial charge is 0.224 e. The third-order valence-corrected chi connectivity index (χ3v) is 4.38. The number of nitrogens with one attached hydrogen (secondary N) is 1. The third kappa shape index (κ3) is 4.36. The quantitative estimate of drug-likeness (QED) is 0.721. The Kier molecular flexibility index (Phi) is 5.46. The van der Waals surface area contributed by atoms with Gasteiger partial charge in [-0.3, -0.25) is 9.48 Å². The SMILES string of the molecule is Cc1nn(Cc2ccc(F)cc2)c(C)c1NC(=O)CCc1ccccc1. The fourth-order valence-corrected chi connectivity index (χ4v) is 2.90. The number of hydrogen-bond acceptors (Lipinski definition) is 2. The summed E-state index contributed by atoms with van der Waals surface area (Å²) in [6.45, 7) is 4.34. The summed E-state index contributed by atoms with van der Waals surface area (Å²) >= 11 is 0. The summed E-state index contributed by atoms with van der Waals surface area (Å²) < 4.78 is 14.9. The van der Waals surface area contributed by atoms with E-state index in [1.165, 1.54) is 12.1 Å². The molecule has 1 heterocycles. The zero-order chi connectivity index (χ0) is 18.5. The maximum atomic E-state index is 13.0. The molecule has 0 aliphatic carbocycles. The number of amides is 1. The number of hydrogen-bond donors (Lipinski definition) is 1. The van der Waals surface area contributed by atoms with Crippen LogP contribution in [0, 0.1) is 19.7 Å². The number of benzene rings is 2. The van der Waals surface area contributed by atoms with Crippen molar-refractivity contribution in [3.63, 3.8) is 0 Å². The molecule has 0 radical (unpaired) electrons. The molecule has 0 atom stereocenters. The van der Waals surface area contributed by atoms with Crippen LogP contribution in [0.4, 0.5) is 10.1 Å². The lowest BCUT2D eigenvalue weighted by atomic mass is 10.1. The molecular formula is C21H22FN3O. The van der Waals surface area contributed by atoms with Gasteiger partial charge in [0.15, 0.2) is 0 Å². The van der Waals surface area contributed by atoms with Crippen molar-refractivity contribution in [1.29, 1.82) is 0 Å². The normalized spacial score (nSPS) is 10.7. The van der Waals surface area contributed by atoms with E-state index in [1.807, 2.05) is 48.9 Å². The molecule has 3 aromatic rings. The molecule has 0 saturated carbocycles. The Hall–Kier alpha value is -2.95. The van der Waals surface area contributed by atoms with E-state index in [-0.39, 0.29) is 11.7 Å². The fourth-order valence-electron chi connectivity index (χ4n) is 2.90. The second kappa shape index (κ2) is 7.95. The average Bonchev–Trinajstić information content (AvgIpc) is 2.90. The number of halogens is 1. The lowest BCUT2D eigenvalue weighted by Crippen LogP contribution is -2.13. The highest BCUT2D eigenvalue weighted by Gasteiger charge is 2.14. The maximum Gasteiger partial charge on any atom is 0.224 e. The van der Waals surface area contributed by atoms with Crippen LogP contribution < -0.4 is 5.32 Å². The number of rotatable bonds is 6.